The highest BCUT2D eigenvalue weighted by Gasteiger charge is 2.27. The van der Waals surface area contributed by atoms with Gasteiger partial charge < -0.3 is 10.2 Å². The molecule has 0 spiro atoms. The van der Waals surface area contributed by atoms with Crippen molar-refractivity contribution in [2.24, 2.45) is 5.92 Å². The predicted octanol–water partition coefficient (Wildman–Crippen LogP) is 3.64. The lowest BCUT2D eigenvalue weighted by Gasteiger charge is -2.31. The highest BCUT2D eigenvalue weighted by Crippen LogP contribution is 2.26. The summed E-state index contributed by atoms with van der Waals surface area (Å²) in [5.74, 6) is 0.533. The average molecular weight is 351 g/mol. The Morgan fingerprint density at radius 2 is 2.00 bits per heavy atom. The molecule has 2 heterocycles. The number of hydrogen-bond donors (Lipinski definition) is 1. The first-order chi connectivity index (χ1) is 11.1. The molecule has 1 fully saturated rings. The van der Waals surface area contributed by atoms with Gasteiger partial charge >= 0.3 is 0 Å². The molecular weight excluding hydrogens is 335 g/mol. The molecule has 1 saturated heterocycles. The van der Waals surface area contributed by atoms with Crippen LogP contribution in [0.5, 0.6) is 0 Å². The minimum Gasteiger partial charge on any atom is -0.340 e. The molecule has 0 saturated carbocycles. The van der Waals surface area contributed by atoms with Gasteiger partial charge in [0.25, 0.3) is 0 Å². The summed E-state index contributed by atoms with van der Waals surface area (Å²) in [6.07, 6.45) is 5.19. The number of piperidine rings is 1. The van der Waals surface area contributed by atoms with E-state index < -0.39 is 0 Å². The summed E-state index contributed by atoms with van der Waals surface area (Å²) in [4.78, 5) is 23.0. The highest BCUT2D eigenvalue weighted by molar-refractivity contribution is 6.42. The Morgan fingerprint density at radius 1 is 1.22 bits per heavy atom. The van der Waals surface area contributed by atoms with E-state index in [2.05, 4.69) is 15.3 Å². The number of hydrogen-bond acceptors (Lipinski definition) is 4. The van der Waals surface area contributed by atoms with Crippen LogP contribution in [0.15, 0.2) is 36.7 Å². The summed E-state index contributed by atoms with van der Waals surface area (Å²) in [5, 5.41) is 3.79. The SMILES string of the molecule is O=C(Nc1ccc(Cl)c(Cl)c1)C1CCCN(c2ncccn2)C1. The smallest absolute Gasteiger partial charge is 0.229 e. The van der Waals surface area contributed by atoms with Crippen molar-refractivity contribution in [3.05, 3.63) is 46.7 Å². The fourth-order valence-corrected chi connectivity index (χ4v) is 2.94. The number of halogens is 2. The number of nitrogens with zero attached hydrogens (tertiary/aromatic N) is 3. The van der Waals surface area contributed by atoms with Gasteiger partial charge in [-0.2, -0.15) is 0 Å². The minimum absolute atomic E-state index is 0.0241. The molecule has 1 aromatic heterocycles. The summed E-state index contributed by atoms with van der Waals surface area (Å²) in [7, 11) is 0. The summed E-state index contributed by atoms with van der Waals surface area (Å²) in [5.41, 5.74) is 0.650. The van der Waals surface area contributed by atoms with E-state index in [1.54, 1.807) is 36.7 Å². The maximum absolute atomic E-state index is 12.5. The van der Waals surface area contributed by atoms with Gasteiger partial charge in [0.05, 0.1) is 16.0 Å². The Labute approximate surface area is 144 Å². The third-order valence-electron chi connectivity index (χ3n) is 3.81. The standard InChI is InChI=1S/C16H16Cl2N4O/c17-13-5-4-12(9-14(13)18)21-15(23)11-3-1-8-22(10-11)16-19-6-2-7-20-16/h2,4-7,9,11H,1,3,8,10H2,(H,21,23). The van der Waals surface area contributed by atoms with Gasteiger partial charge in [0.2, 0.25) is 11.9 Å². The second-order valence-electron chi connectivity index (χ2n) is 5.45. The Morgan fingerprint density at radius 3 is 2.74 bits per heavy atom. The Kier molecular flexibility index (Phi) is 4.98. The molecule has 1 unspecified atom stereocenters. The van der Waals surface area contributed by atoms with E-state index in [0.29, 0.717) is 28.2 Å². The fraction of sp³-hybridized carbons (Fsp3) is 0.312. The van der Waals surface area contributed by atoms with E-state index in [1.165, 1.54) is 0 Å². The molecular formula is C16H16Cl2N4O. The average Bonchev–Trinajstić information content (AvgIpc) is 2.59. The third-order valence-corrected chi connectivity index (χ3v) is 4.55. The van der Waals surface area contributed by atoms with Crippen LogP contribution in [-0.4, -0.2) is 29.0 Å². The minimum atomic E-state index is -0.109. The number of carbonyl (C=O) groups excluding carboxylic acids is 1. The lowest BCUT2D eigenvalue weighted by molar-refractivity contribution is -0.120. The van der Waals surface area contributed by atoms with Gasteiger partial charge in [0.1, 0.15) is 0 Å². The van der Waals surface area contributed by atoms with Crippen molar-refractivity contribution in [1.29, 1.82) is 0 Å². The van der Waals surface area contributed by atoms with Crippen LogP contribution in [0.25, 0.3) is 0 Å². The summed E-state index contributed by atoms with van der Waals surface area (Å²) >= 11 is 11.9. The lowest BCUT2D eigenvalue weighted by atomic mass is 9.97. The number of anilines is 2. The fourth-order valence-electron chi connectivity index (χ4n) is 2.65. The van der Waals surface area contributed by atoms with Crippen molar-refractivity contribution in [2.45, 2.75) is 12.8 Å². The monoisotopic (exact) mass is 350 g/mol. The Hall–Kier alpha value is -1.85. The zero-order chi connectivity index (χ0) is 16.2. The molecule has 0 bridgehead atoms. The zero-order valence-electron chi connectivity index (χ0n) is 12.4. The molecule has 5 nitrogen and oxygen atoms in total. The molecule has 7 heteroatoms. The van der Waals surface area contributed by atoms with Crippen LogP contribution in [0.2, 0.25) is 10.0 Å². The number of aromatic nitrogens is 2. The third kappa shape index (κ3) is 3.92. The number of carbonyl (C=O) groups is 1. The molecule has 2 aromatic rings. The molecule has 23 heavy (non-hydrogen) atoms. The largest absolute Gasteiger partial charge is 0.340 e. The van der Waals surface area contributed by atoms with Crippen molar-refractivity contribution in [3.8, 4) is 0 Å². The number of amides is 1. The van der Waals surface area contributed by atoms with Crippen LogP contribution in [0, 0.1) is 5.92 Å². The Bertz CT molecular complexity index is 696. The molecule has 1 aliphatic rings. The molecule has 0 aliphatic carbocycles. The van der Waals surface area contributed by atoms with Crippen LogP contribution < -0.4 is 10.2 Å². The first kappa shape index (κ1) is 16.0. The van der Waals surface area contributed by atoms with E-state index in [-0.39, 0.29) is 11.8 Å². The quantitative estimate of drug-likeness (QED) is 0.917. The second kappa shape index (κ2) is 7.15. The van der Waals surface area contributed by atoms with Gasteiger partial charge in [-0.05, 0) is 37.1 Å². The maximum Gasteiger partial charge on any atom is 0.229 e. The Balaban J connectivity index is 1.66. The number of benzene rings is 1. The van der Waals surface area contributed by atoms with Crippen molar-refractivity contribution < 1.29 is 4.79 Å². The molecule has 1 aliphatic heterocycles. The normalized spacial score (nSPS) is 17.8. The van der Waals surface area contributed by atoms with Crippen molar-refractivity contribution in [1.82, 2.24) is 9.97 Å². The van der Waals surface area contributed by atoms with Crippen LogP contribution in [0.1, 0.15) is 12.8 Å². The summed E-state index contributed by atoms with van der Waals surface area (Å²) < 4.78 is 0. The van der Waals surface area contributed by atoms with Crippen molar-refractivity contribution in [3.63, 3.8) is 0 Å². The maximum atomic E-state index is 12.5. The number of rotatable bonds is 3. The molecule has 120 valence electrons. The molecule has 1 atom stereocenters. The van der Waals surface area contributed by atoms with E-state index >= 15 is 0 Å². The van der Waals surface area contributed by atoms with E-state index in [0.717, 1.165) is 19.4 Å². The first-order valence-electron chi connectivity index (χ1n) is 7.41. The van der Waals surface area contributed by atoms with Crippen molar-refractivity contribution >= 4 is 40.7 Å². The van der Waals surface area contributed by atoms with E-state index in [9.17, 15) is 4.79 Å². The van der Waals surface area contributed by atoms with Gasteiger partial charge in [0, 0.05) is 31.2 Å². The molecule has 1 N–H and O–H groups in total. The predicted molar refractivity (Wildman–Crippen MR) is 92.1 cm³/mol. The van der Waals surface area contributed by atoms with Crippen LogP contribution in [0.4, 0.5) is 11.6 Å². The van der Waals surface area contributed by atoms with Gasteiger partial charge in [-0.3, -0.25) is 4.79 Å². The van der Waals surface area contributed by atoms with Crippen molar-refractivity contribution in [2.75, 3.05) is 23.3 Å². The topological polar surface area (TPSA) is 58.1 Å². The lowest BCUT2D eigenvalue weighted by Crippen LogP contribution is -2.41. The van der Waals surface area contributed by atoms with Crippen LogP contribution in [0.3, 0.4) is 0 Å². The second-order valence-corrected chi connectivity index (χ2v) is 6.27. The molecule has 1 aromatic carbocycles. The van der Waals surface area contributed by atoms with Gasteiger partial charge in [0.15, 0.2) is 0 Å². The van der Waals surface area contributed by atoms with Gasteiger partial charge in [-0.1, -0.05) is 23.2 Å². The van der Waals surface area contributed by atoms with Crippen LogP contribution in [-0.2, 0) is 4.79 Å². The summed E-state index contributed by atoms with van der Waals surface area (Å²) in [6, 6.07) is 6.85. The van der Waals surface area contributed by atoms with E-state index in [1.807, 2.05) is 4.90 Å². The zero-order valence-corrected chi connectivity index (χ0v) is 13.9. The first-order valence-corrected chi connectivity index (χ1v) is 8.17. The number of nitrogens with one attached hydrogen (secondary N) is 1. The van der Waals surface area contributed by atoms with Gasteiger partial charge in [-0.25, -0.2) is 9.97 Å². The summed E-state index contributed by atoms with van der Waals surface area (Å²) in [6.45, 7) is 1.47. The highest BCUT2D eigenvalue weighted by atomic mass is 35.5. The molecule has 3 rings (SSSR count). The van der Waals surface area contributed by atoms with Gasteiger partial charge in [-0.15, -0.1) is 0 Å². The molecule has 1 amide bonds. The molecule has 0 radical (unpaired) electrons. The van der Waals surface area contributed by atoms with Crippen LogP contribution >= 0.6 is 23.2 Å². The van der Waals surface area contributed by atoms with E-state index in [4.69, 9.17) is 23.2 Å².